The molecule has 4 nitrogen and oxygen atoms in total. The molecule has 1 N–H and O–H groups in total. The highest BCUT2D eigenvalue weighted by Crippen LogP contribution is 2.26. The van der Waals surface area contributed by atoms with E-state index in [9.17, 15) is 4.79 Å². The summed E-state index contributed by atoms with van der Waals surface area (Å²) in [6, 6.07) is 8.28. The van der Waals surface area contributed by atoms with Gasteiger partial charge in [0.15, 0.2) is 0 Å². The molecule has 2 heterocycles. The molecule has 1 amide bonds. The summed E-state index contributed by atoms with van der Waals surface area (Å²) >= 11 is 0. The number of halogens is 1. The summed E-state index contributed by atoms with van der Waals surface area (Å²) in [6.45, 7) is 5.69. The van der Waals surface area contributed by atoms with Gasteiger partial charge in [-0.1, -0.05) is 13.0 Å². The topological polar surface area (TPSA) is 41.6 Å². The van der Waals surface area contributed by atoms with Crippen LogP contribution in [0.1, 0.15) is 49.4 Å². The Labute approximate surface area is 151 Å². The van der Waals surface area contributed by atoms with Crippen molar-refractivity contribution < 1.29 is 9.53 Å². The third-order valence-electron chi connectivity index (χ3n) is 5.05. The minimum absolute atomic E-state index is 0. The van der Waals surface area contributed by atoms with E-state index in [1.54, 1.807) is 0 Å². The molecule has 1 aromatic carbocycles. The van der Waals surface area contributed by atoms with Crippen molar-refractivity contribution >= 4 is 18.3 Å². The van der Waals surface area contributed by atoms with E-state index in [-0.39, 0.29) is 18.3 Å². The van der Waals surface area contributed by atoms with Crippen LogP contribution in [0.2, 0.25) is 0 Å². The van der Waals surface area contributed by atoms with Crippen LogP contribution in [0.3, 0.4) is 0 Å². The fourth-order valence-corrected chi connectivity index (χ4v) is 3.74. The Balaban J connectivity index is 0.00000208. The number of hydrogen-bond donors (Lipinski definition) is 1. The number of likely N-dealkylation sites (tertiary alicyclic amines) is 1. The van der Waals surface area contributed by atoms with E-state index in [1.165, 1.54) is 12.8 Å². The van der Waals surface area contributed by atoms with Gasteiger partial charge in [0.25, 0.3) is 5.91 Å². The fraction of sp³-hybridized carbons (Fsp3) is 0.632. The zero-order chi connectivity index (χ0) is 16.1. The summed E-state index contributed by atoms with van der Waals surface area (Å²) < 4.78 is 5.64. The summed E-state index contributed by atoms with van der Waals surface area (Å²) in [5.74, 6) is 1.67. The van der Waals surface area contributed by atoms with Crippen LogP contribution in [-0.4, -0.2) is 43.1 Å². The second-order valence-electron chi connectivity index (χ2n) is 6.71. The number of carbonyl (C=O) groups excluding carboxylic acids is 1. The van der Waals surface area contributed by atoms with Crippen molar-refractivity contribution in [3.05, 3.63) is 29.8 Å². The van der Waals surface area contributed by atoms with Gasteiger partial charge in [0.1, 0.15) is 5.75 Å². The van der Waals surface area contributed by atoms with Crippen LogP contribution in [0.25, 0.3) is 0 Å². The first-order valence-corrected chi connectivity index (χ1v) is 9.03. The lowest BCUT2D eigenvalue weighted by Crippen LogP contribution is -2.43. The van der Waals surface area contributed by atoms with Crippen LogP contribution < -0.4 is 10.1 Å². The standard InChI is InChI=1S/C19H28N2O2.ClH/c1-2-13-23-17-6-3-5-16(14-17)19(22)21-11-8-15(9-12-21)18-7-4-10-20-18;/h3,5-6,14-15,18,20H,2,4,7-13H2,1H3;1H. The van der Waals surface area contributed by atoms with Crippen molar-refractivity contribution in [1.82, 2.24) is 10.2 Å². The molecule has 0 aromatic heterocycles. The normalized spacial score (nSPS) is 21.4. The Morgan fingerprint density at radius 1 is 1.29 bits per heavy atom. The molecular weight excluding hydrogens is 324 g/mol. The largest absolute Gasteiger partial charge is 0.494 e. The molecule has 0 saturated carbocycles. The van der Waals surface area contributed by atoms with Gasteiger partial charge in [-0.25, -0.2) is 0 Å². The fourth-order valence-electron chi connectivity index (χ4n) is 3.74. The number of hydrogen-bond acceptors (Lipinski definition) is 3. The predicted octanol–water partition coefficient (Wildman–Crippen LogP) is 3.50. The van der Waals surface area contributed by atoms with Crippen LogP contribution in [0, 0.1) is 5.92 Å². The zero-order valence-corrected chi connectivity index (χ0v) is 15.3. The summed E-state index contributed by atoms with van der Waals surface area (Å²) in [7, 11) is 0. The average molecular weight is 353 g/mol. The highest BCUT2D eigenvalue weighted by Gasteiger charge is 2.30. The quantitative estimate of drug-likeness (QED) is 0.881. The van der Waals surface area contributed by atoms with Crippen LogP contribution in [0.15, 0.2) is 24.3 Å². The van der Waals surface area contributed by atoms with Crippen LogP contribution >= 0.6 is 12.4 Å². The number of nitrogens with zero attached hydrogens (tertiary/aromatic N) is 1. The minimum Gasteiger partial charge on any atom is -0.494 e. The highest BCUT2D eigenvalue weighted by atomic mass is 35.5. The van der Waals surface area contributed by atoms with E-state index in [0.717, 1.165) is 56.1 Å². The molecule has 1 aromatic rings. The molecule has 3 rings (SSSR count). The van der Waals surface area contributed by atoms with Crippen LogP contribution in [0.4, 0.5) is 0 Å². The molecule has 24 heavy (non-hydrogen) atoms. The first-order chi connectivity index (χ1) is 11.3. The molecule has 1 unspecified atom stereocenters. The molecule has 0 spiro atoms. The minimum atomic E-state index is 0. The maximum atomic E-state index is 12.7. The maximum Gasteiger partial charge on any atom is 0.253 e. The van der Waals surface area contributed by atoms with Gasteiger partial charge < -0.3 is 15.0 Å². The van der Waals surface area contributed by atoms with Gasteiger partial charge in [-0.3, -0.25) is 4.79 Å². The van der Waals surface area contributed by atoms with Gasteiger partial charge in [-0.05, 0) is 62.8 Å². The van der Waals surface area contributed by atoms with Gasteiger partial charge >= 0.3 is 0 Å². The molecule has 1 atom stereocenters. The van der Waals surface area contributed by atoms with Gasteiger partial charge in [0.05, 0.1) is 6.61 Å². The van der Waals surface area contributed by atoms with E-state index in [1.807, 2.05) is 29.2 Å². The van der Waals surface area contributed by atoms with E-state index >= 15 is 0 Å². The molecule has 2 aliphatic heterocycles. The Bertz CT molecular complexity index is 524. The number of rotatable bonds is 5. The maximum absolute atomic E-state index is 12.7. The van der Waals surface area contributed by atoms with E-state index in [4.69, 9.17) is 4.74 Å². The van der Waals surface area contributed by atoms with Gasteiger partial charge in [-0.15, -0.1) is 12.4 Å². The van der Waals surface area contributed by atoms with Crippen molar-refractivity contribution in [2.24, 2.45) is 5.92 Å². The Kier molecular flexibility index (Phi) is 7.38. The Hall–Kier alpha value is -1.26. The number of nitrogens with one attached hydrogen (secondary N) is 1. The molecule has 0 aliphatic carbocycles. The lowest BCUT2D eigenvalue weighted by Gasteiger charge is -2.35. The summed E-state index contributed by atoms with van der Waals surface area (Å²) in [5, 5.41) is 3.61. The lowest BCUT2D eigenvalue weighted by atomic mass is 9.88. The molecular formula is C19H29ClN2O2. The van der Waals surface area contributed by atoms with Gasteiger partial charge in [-0.2, -0.15) is 0 Å². The molecule has 2 saturated heterocycles. The third kappa shape index (κ3) is 4.64. The van der Waals surface area contributed by atoms with Crippen LogP contribution in [0.5, 0.6) is 5.75 Å². The number of carbonyl (C=O) groups is 1. The molecule has 2 aliphatic rings. The molecule has 2 fully saturated rings. The first-order valence-electron chi connectivity index (χ1n) is 9.03. The van der Waals surface area contributed by atoms with Crippen molar-refractivity contribution in [3.8, 4) is 5.75 Å². The highest BCUT2D eigenvalue weighted by molar-refractivity contribution is 5.94. The van der Waals surface area contributed by atoms with E-state index in [0.29, 0.717) is 12.6 Å². The van der Waals surface area contributed by atoms with Gasteiger partial charge in [0, 0.05) is 24.7 Å². The molecule has 5 heteroatoms. The van der Waals surface area contributed by atoms with Crippen molar-refractivity contribution in [2.75, 3.05) is 26.2 Å². The molecule has 134 valence electrons. The second kappa shape index (κ2) is 9.28. The zero-order valence-electron chi connectivity index (χ0n) is 14.5. The van der Waals surface area contributed by atoms with Gasteiger partial charge in [0.2, 0.25) is 0 Å². The molecule has 0 bridgehead atoms. The number of ether oxygens (including phenoxy) is 1. The lowest BCUT2D eigenvalue weighted by molar-refractivity contribution is 0.0674. The second-order valence-corrected chi connectivity index (χ2v) is 6.71. The van der Waals surface area contributed by atoms with Crippen LogP contribution in [-0.2, 0) is 0 Å². The average Bonchev–Trinajstić information content (AvgIpc) is 3.14. The van der Waals surface area contributed by atoms with Crippen molar-refractivity contribution in [3.63, 3.8) is 0 Å². The van der Waals surface area contributed by atoms with E-state index in [2.05, 4.69) is 12.2 Å². The number of benzene rings is 1. The van der Waals surface area contributed by atoms with Crippen molar-refractivity contribution in [2.45, 2.75) is 45.1 Å². The molecule has 0 radical (unpaired) electrons. The smallest absolute Gasteiger partial charge is 0.253 e. The summed E-state index contributed by atoms with van der Waals surface area (Å²) in [5.41, 5.74) is 0.746. The summed E-state index contributed by atoms with van der Waals surface area (Å²) in [4.78, 5) is 14.7. The van der Waals surface area contributed by atoms with Crippen molar-refractivity contribution in [1.29, 1.82) is 0 Å². The third-order valence-corrected chi connectivity index (χ3v) is 5.05. The van der Waals surface area contributed by atoms with E-state index < -0.39 is 0 Å². The SMILES string of the molecule is CCCOc1cccc(C(=O)N2CCC(C3CCCN3)CC2)c1.Cl. The number of piperidine rings is 1. The number of amides is 1. The monoisotopic (exact) mass is 352 g/mol. The Morgan fingerprint density at radius 2 is 2.08 bits per heavy atom. The summed E-state index contributed by atoms with van der Waals surface area (Å²) in [6.07, 6.45) is 5.82. The Morgan fingerprint density at radius 3 is 2.75 bits per heavy atom. The first kappa shape index (κ1) is 19.1. The predicted molar refractivity (Wildman–Crippen MR) is 99.1 cm³/mol.